The molecule has 0 atom stereocenters. The predicted molar refractivity (Wildman–Crippen MR) is 90.7 cm³/mol. The summed E-state index contributed by atoms with van der Waals surface area (Å²) in [5.74, 6) is -0.721. The molecule has 7 heteroatoms. The Kier molecular flexibility index (Phi) is 6.14. The van der Waals surface area contributed by atoms with Crippen molar-refractivity contribution in [1.82, 2.24) is 4.90 Å². The van der Waals surface area contributed by atoms with Crippen LogP contribution in [0.15, 0.2) is 18.2 Å². The van der Waals surface area contributed by atoms with Crippen molar-refractivity contribution < 1.29 is 23.5 Å². The van der Waals surface area contributed by atoms with E-state index >= 15 is 0 Å². The second kappa shape index (κ2) is 7.51. The Labute approximate surface area is 147 Å². The Morgan fingerprint density at radius 2 is 1.56 bits per heavy atom. The number of carbonyl (C=O) groups is 2. The van der Waals surface area contributed by atoms with Gasteiger partial charge in [-0.3, -0.25) is 0 Å². The summed E-state index contributed by atoms with van der Waals surface area (Å²) in [7, 11) is 0. The second-order valence-corrected chi connectivity index (χ2v) is 7.44. The van der Waals surface area contributed by atoms with E-state index in [4.69, 9.17) is 16.0 Å². The summed E-state index contributed by atoms with van der Waals surface area (Å²) in [6, 6.07) is 3.87. The molecule has 0 spiro atoms. The molecule has 0 aliphatic heterocycles. The number of nitrogens with zero attached hydrogens (tertiary/aromatic N) is 2. The Morgan fingerprint density at radius 3 is 1.92 bits per heavy atom. The monoisotopic (exact) mass is 350 g/mol. The minimum absolute atomic E-state index is 0.134. The molecule has 0 aliphatic rings. The summed E-state index contributed by atoms with van der Waals surface area (Å²) >= 11 is 0. The normalized spacial score (nSPS) is 11.4. The Balaban J connectivity index is 3.10. The van der Waals surface area contributed by atoms with Crippen LogP contribution in [0, 0.1) is 12.4 Å². The standard InChI is InChI=1S/C18H23FN2O4/c1-17(2,3)24-15(22)21(16(23)25-18(4,5)6)11-12-8-9-14(20-7)13(19)10-12/h8-10H,11H2,1-6H3. The van der Waals surface area contributed by atoms with E-state index in [1.54, 1.807) is 41.5 Å². The zero-order valence-electron chi connectivity index (χ0n) is 15.3. The minimum atomic E-state index is -0.892. The molecule has 1 aromatic carbocycles. The predicted octanol–water partition coefficient (Wildman–Crippen LogP) is 5.05. The summed E-state index contributed by atoms with van der Waals surface area (Å²) in [6.07, 6.45) is -1.78. The number of rotatable bonds is 2. The highest BCUT2D eigenvalue weighted by atomic mass is 19.1. The van der Waals surface area contributed by atoms with Crippen molar-refractivity contribution in [2.24, 2.45) is 0 Å². The van der Waals surface area contributed by atoms with Crippen LogP contribution < -0.4 is 0 Å². The van der Waals surface area contributed by atoms with Crippen molar-refractivity contribution in [1.29, 1.82) is 0 Å². The molecular weight excluding hydrogens is 327 g/mol. The van der Waals surface area contributed by atoms with Crippen LogP contribution in [-0.2, 0) is 16.0 Å². The molecule has 0 fully saturated rings. The first-order chi connectivity index (χ1) is 11.3. The Hall–Kier alpha value is -2.62. The van der Waals surface area contributed by atoms with Crippen LogP contribution in [0.2, 0.25) is 0 Å². The van der Waals surface area contributed by atoms with Gasteiger partial charge in [0.25, 0.3) is 0 Å². The summed E-state index contributed by atoms with van der Waals surface area (Å²) in [5, 5.41) is 0. The maximum atomic E-state index is 13.8. The average molecular weight is 350 g/mol. The number of halogens is 1. The number of benzene rings is 1. The van der Waals surface area contributed by atoms with E-state index in [1.807, 2.05) is 0 Å². The highest BCUT2D eigenvalue weighted by molar-refractivity contribution is 5.88. The summed E-state index contributed by atoms with van der Waals surface area (Å²) in [4.78, 5) is 28.5. The zero-order valence-corrected chi connectivity index (χ0v) is 15.3. The lowest BCUT2D eigenvalue weighted by atomic mass is 10.2. The van der Waals surface area contributed by atoms with Crippen LogP contribution in [0.25, 0.3) is 4.85 Å². The molecule has 25 heavy (non-hydrogen) atoms. The van der Waals surface area contributed by atoms with Gasteiger partial charge in [-0.2, -0.15) is 0 Å². The number of carbonyl (C=O) groups excluding carboxylic acids is 2. The molecule has 0 N–H and O–H groups in total. The van der Waals surface area contributed by atoms with Crippen molar-refractivity contribution in [2.45, 2.75) is 59.3 Å². The molecule has 0 bridgehead atoms. The van der Waals surface area contributed by atoms with Gasteiger partial charge in [0.05, 0.1) is 13.1 Å². The van der Waals surface area contributed by atoms with Crippen molar-refractivity contribution in [2.75, 3.05) is 0 Å². The van der Waals surface area contributed by atoms with Crippen LogP contribution in [0.1, 0.15) is 47.1 Å². The summed E-state index contributed by atoms with van der Waals surface area (Å²) < 4.78 is 24.2. The van der Waals surface area contributed by atoms with Gasteiger partial charge < -0.3 is 9.47 Å². The topological polar surface area (TPSA) is 60.2 Å². The number of imide groups is 1. The molecule has 0 saturated carbocycles. The third kappa shape index (κ3) is 6.79. The second-order valence-electron chi connectivity index (χ2n) is 7.44. The van der Waals surface area contributed by atoms with Crippen molar-refractivity contribution >= 4 is 17.9 Å². The summed E-state index contributed by atoms with van der Waals surface area (Å²) in [5.41, 5.74) is -1.42. The van der Waals surface area contributed by atoms with Crippen molar-refractivity contribution in [3.8, 4) is 0 Å². The largest absolute Gasteiger partial charge is 0.443 e. The van der Waals surface area contributed by atoms with Gasteiger partial charge in [-0.25, -0.2) is 23.7 Å². The quantitative estimate of drug-likeness (QED) is 0.700. The fourth-order valence-electron chi connectivity index (χ4n) is 1.76. The van der Waals surface area contributed by atoms with Gasteiger partial charge in [0.1, 0.15) is 17.0 Å². The lowest BCUT2D eigenvalue weighted by Crippen LogP contribution is -2.43. The smallest absolute Gasteiger partial charge is 0.420 e. The lowest BCUT2D eigenvalue weighted by molar-refractivity contribution is -0.000265. The van der Waals surface area contributed by atoms with Crippen molar-refractivity contribution in [3.63, 3.8) is 0 Å². The zero-order chi connectivity index (χ0) is 19.4. The van der Waals surface area contributed by atoms with Gasteiger partial charge in [-0.05, 0) is 53.2 Å². The molecule has 0 radical (unpaired) electrons. The molecular formula is C18H23FN2O4. The molecule has 1 rings (SSSR count). The first-order valence-corrected chi connectivity index (χ1v) is 7.72. The van der Waals surface area contributed by atoms with E-state index in [0.29, 0.717) is 5.56 Å². The Bertz CT molecular complexity index is 668. The molecule has 0 heterocycles. The number of hydrogen-bond donors (Lipinski definition) is 0. The van der Waals surface area contributed by atoms with E-state index in [2.05, 4.69) is 4.85 Å². The number of amides is 2. The summed E-state index contributed by atoms with van der Waals surface area (Å²) in [6.45, 7) is 16.6. The van der Waals surface area contributed by atoms with E-state index < -0.39 is 29.2 Å². The molecule has 136 valence electrons. The molecule has 0 saturated heterocycles. The molecule has 2 amide bonds. The minimum Gasteiger partial charge on any atom is -0.443 e. The SMILES string of the molecule is [C-]#[N+]c1ccc(CN(C(=O)OC(C)(C)C)C(=O)OC(C)(C)C)cc1F. The van der Waals surface area contributed by atoms with Crippen molar-refractivity contribution in [3.05, 3.63) is 41.0 Å². The van der Waals surface area contributed by atoms with E-state index in [-0.39, 0.29) is 12.2 Å². The first-order valence-electron chi connectivity index (χ1n) is 7.72. The molecule has 1 aromatic rings. The van der Waals surface area contributed by atoms with Gasteiger partial charge in [0.15, 0.2) is 0 Å². The van der Waals surface area contributed by atoms with Gasteiger partial charge >= 0.3 is 12.2 Å². The van der Waals surface area contributed by atoms with Crippen LogP contribution in [0.3, 0.4) is 0 Å². The third-order valence-corrected chi connectivity index (χ3v) is 2.70. The third-order valence-electron chi connectivity index (χ3n) is 2.70. The lowest BCUT2D eigenvalue weighted by Gasteiger charge is -2.28. The highest BCUT2D eigenvalue weighted by Crippen LogP contribution is 2.21. The molecule has 6 nitrogen and oxygen atoms in total. The van der Waals surface area contributed by atoms with Gasteiger partial charge in [-0.1, -0.05) is 12.1 Å². The highest BCUT2D eigenvalue weighted by Gasteiger charge is 2.31. The van der Waals surface area contributed by atoms with Crippen LogP contribution in [-0.4, -0.2) is 28.3 Å². The van der Waals surface area contributed by atoms with E-state index in [1.165, 1.54) is 12.1 Å². The van der Waals surface area contributed by atoms with E-state index in [9.17, 15) is 14.0 Å². The fraction of sp³-hybridized carbons (Fsp3) is 0.500. The fourth-order valence-corrected chi connectivity index (χ4v) is 1.76. The first kappa shape index (κ1) is 20.4. The van der Waals surface area contributed by atoms with Crippen LogP contribution in [0.4, 0.5) is 19.7 Å². The number of ether oxygens (including phenoxy) is 2. The maximum absolute atomic E-state index is 13.8. The van der Waals surface area contributed by atoms with Gasteiger partial charge in [0, 0.05) is 0 Å². The molecule has 0 aliphatic carbocycles. The average Bonchev–Trinajstić information content (AvgIpc) is 2.40. The van der Waals surface area contributed by atoms with Gasteiger partial charge in [-0.15, -0.1) is 0 Å². The van der Waals surface area contributed by atoms with Crippen LogP contribution in [0.5, 0.6) is 0 Å². The van der Waals surface area contributed by atoms with E-state index in [0.717, 1.165) is 11.0 Å². The molecule has 0 unspecified atom stereocenters. The number of hydrogen-bond acceptors (Lipinski definition) is 4. The van der Waals surface area contributed by atoms with Crippen LogP contribution >= 0.6 is 0 Å². The maximum Gasteiger partial charge on any atom is 0.420 e. The molecule has 0 aromatic heterocycles. The Morgan fingerprint density at radius 1 is 1.08 bits per heavy atom. The van der Waals surface area contributed by atoms with Gasteiger partial charge in [0.2, 0.25) is 5.69 Å².